The lowest BCUT2D eigenvalue weighted by molar-refractivity contribution is -0.385. The molecular formula is C9H9F2N3O5S. The molecule has 1 rings (SSSR count). The van der Waals surface area contributed by atoms with Gasteiger partial charge in [-0.3, -0.25) is 14.9 Å². The van der Waals surface area contributed by atoms with Gasteiger partial charge in [0.1, 0.15) is 0 Å². The number of nitro benzene ring substituents is 1. The van der Waals surface area contributed by atoms with E-state index in [0.29, 0.717) is 6.07 Å². The second kappa shape index (κ2) is 5.88. The summed E-state index contributed by atoms with van der Waals surface area (Å²) in [7, 11) is -4.28. The van der Waals surface area contributed by atoms with Crippen molar-refractivity contribution in [1.82, 2.24) is 5.32 Å². The summed E-state index contributed by atoms with van der Waals surface area (Å²) < 4.78 is 46.2. The molecule has 0 saturated carbocycles. The normalized spacial score (nSPS) is 11.4. The predicted molar refractivity (Wildman–Crippen MR) is 62.8 cm³/mol. The number of hydrogen-bond acceptors (Lipinski definition) is 5. The Morgan fingerprint density at radius 2 is 2.00 bits per heavy atom. The number of alkyl halides is 2. The summed E-state index contributed by atoms with van der Waals surface area (Å²) in [6.07, 6.45) is -2.81. The number of nitrogens with one attached hydrogen (secondary N) is 1. The lowest BCUT2D eigenvalue weighted by atomic mass is 10.2. The smallest absolute Gasteiger partial charge is 0.271 e. The first kappa shape index (κ1) is 15.9. The van der Waals surface area contributed by atoms with Crippen LogP contribution in [0.25, 0.3) is 0 Å². The molecule has 0 aliphatic carbocycles. The summed E-state index contributed by atoms with van der Waals surface area (Å²) in [5.74, 6) is -1.07. The van der Waals surface area contributed by atoms with Crippen molar-refractivity contribution >= 4 is 21.6 Å². The highest BCUT2D eigenvalue weighted by molar-refractivity contribution is 7.89. The average Bonchev–Trinajstić information content (AvgIpc) is 2.34. The Balaban J connectivity index is 3.22. The van der Waals surface area contributed by atoms with E-state index in [-0.39, 0.29) is 0 Å². The Morgan fingerprint density at radius 3 is 2.45 bits per heavy atom. The van der Waals surface area contributed by atoms with E-state index in [4.69, 9.17) is 5.14 Å². The highest BCUT2D eigenvalue weighted by Gasteiger charge is 2.19. The van der Waals surface area contributed by atoms with Crippen LogP contribution in [0.1, 0.15) is 10.4 Å². The van der Waals surface area contributed by atoms with Gasteiger partial charge in [0.25, 0.3) is 18.0 Å². The summed E-state index contributed by atoms with van der Waals surface area (Å²) in [6, 6.07) is 2.19. The van der Waals surface area contributed by atoms with Gasteiger partial charge in [-0.1, -0.05) is 0 Å². The molecule has 8 nitrogen and oxygen atoms in total. The SMILES string of the molecule is NS(=O)(=O)c1cc(C(=O)NCC(F)F)cc([N+](=O)[O-])c1. The molecule has 0 fully saturated rings. The van der Waals surface area contributed by atoms with Gasteiger partial charge in [-0.2, -0.15) is 0 Å². The van der Waals surface area contributed by atoms with E-state index in [9.17, 15) is 32.1 Å². The number of nitrogens with zero attached hydrogens (tertiary/aromatic N) is 1. The van der Waals surface area contributed by atoms with Gasteiger partial charge in [-0.25, -0.2) is 22.3 Å². The number of carbonyl (C=O) groups is 1. The number of rotatable bonds is 5. The number of sulfonamides is 1. The van der Waals surface area contributed by atoms with E-state index in [0.717, 1.165) is 12.1 Å². The van der Waals surface area contributed by atoms with Crippen molar-refractivity contribution in [3.8, 4) is 0 Å². The third-order valence-corrected chi connectivity index (χ3v) is 3.00. The molecule has 0 bridgehead atoms. The quantitative estimate of drug-likeness (QED) is 0.593. The zero-order valence-corrected chi connectivity index (χ0v) is 10.6. The topological polar surface area (TPSA) is 132 Å². The van der Waals surface area contributed by atoms with Crippen LogP contribution in [-0.4, -0.2) is 32.2 Å². The number of primary sulfonamides is 1. The van der Waals surface area contributed by atoms with Crippen LogP contribution in [0.3, 0.4) is 0 Å². The minimum absolute atomic E-state index is 0.455. The number of nitrogens with two attached hydrogens (primary N) is 1. The summed E-state index contributed by atoms with van der Waals surface area (Å²) in [6.45, 7) is -0.966. The van der Waals surface area contributed by atoms with Crippen LogP contribution in [0, 0.1) is 10.1 Å². The molecule has 20 heavy (non-hydrogen) atoms. The Hall–Kier alpha value is -2.14. The van der Waals surface area contributed by atoms with Crippen LogP contribution >= 0.6 is 0 Å². The van der Waals surface area contributed by atoms with Crippen molar-refractivity contribution in [2.75, 3.05) is 6.54 Å². The lowest BCUT2D eigenvalue weighted by Crippen LogP contribution is -2.28. The maximum atomic E-state index is 11.9. The van der Waals surface area contributed by atoms with Crippen molar-refractivity contribution in [3.05, 3.63) is 33.9 Å². The third kappa shape index (κ3) is 4.20. The molecular weight excluding hydrogens is 300 g/mol. The van der Waals surface area contributed by atoms with Crippen LogP contribution in [0.4, 0.5) is 14.5 Å². The zero-order chi connectivity index (χ0) is 15.5. The molecule has 0 spiro atoms. The van der Waals surface area contributed by atoms with E-state index in [1.54, 1.807) is 5.32 Å². The standard InChI is InChI=1S/C9H9F2N3O5S/c10-8(11)4-13-9(15)5-1-6(14(16)17)3-7(2-5)20(12,18)19/h1-3,8H,4H2,(H,13,15)(H2,12,18,19). The molecule has 0 aliphatic heterocycles. The van der Waals surface area contributed by atoms with Crippen molar-refractivity contribution in [1.29, 1.82) is 0 Å². The van der Waals surface area contributed by atoms with Crippen LogP contribution in [-0.2, 0) is 10.0 Å². The molecule has 0 aromatic heterocycles. The van der Waals surface area contributed by atoms with Gasteiger partial charge in [-0.05, 0) is 6.07 Å². The largest absolute Gasteiger partial charge is 0.346 e. The lowest BCUT2D eigenvalue weighted by Gasteiger charge is -2.06. The summed E-state index contributed by atoms with van der Waals surface area (Å²) in [4.78, 5) is 20.5. The number of amides is 1. The number of carbonyl (C=O) groups excluding carboxylic acids is 1. The fraction of sp³-hybridized carbons (Fsp3) is 0.222. The van der Waals surface area contributed by atoms with E-state index in [1.807, 2.05) is 0 Å². The first-order valence-electron chi connectivity index (χ1n) is 5.00. The number of nitro groups is 1. The van der Waals surface area contributed by atoms with E-state index < -0.39 is 50.0 Å². The second-order valence-electron chi connectivity index (χ2n) is 3.62. The first-order chi connectivity index (χ1) is 9.11. The van der Waals surface area contributed by atoms with Gasteiger partial charge in [0.15, 0.2) is 0 Å². The van der Waals surface area contributed by atoms with Gasteiger partial charge in [-0.15, -0.1) is 0 Å². The van der Waals surface area contributed by atoms with Gasteiger partial charge >= 0.3 is 0 Å². The van der Waals surface area contributed by atoms with Crippen molar-refractivity contribution in [3.63, 3.8) is 0 Å². The number of halogens is 2. The van der Waals surface area contributed by atoms with E-state index in [2.05, 4.69) is 0 Å². The monoisotopic (exact) mass is 309 g/mol. The third-order valence-electron chi connectivity index (χ3n) is 2.11. The molecule has 1 amide bonds. The summed E-state index contributed by atoms with van der Waals surface area (Å²) in [5.41, 5.74) is -1.15. The molecule has 0 aliphatic rings. The molecule has 0 heterocycles. The molecule has 1 aromatic carbocycles. The maximum Gasteiger partial charge on any atom is 0.271 e. The van der Waals surface area contributed by atoms with E-state index in [1.165, 1.54) is 0 Å². The van der Waals surface area contributed by atoms with Gasteiger partial charge in [0.2, 0.25) is 10.0 Å². The van der Waals surface area contributed by atoms with Crippen LogP contribution in [0.15, 0.2) is 23.1 Å². The molecule has 0 saturated heterocycles. The molecule has 0 unspecified atom stereocenters. The van der Waals surface area contributed by atoms with Gasteiger partial charge < -0.3 is 5.32 Å². The molecule has 1 aromatic rings. The van der Waals surface area contributed by atoms with Gasteiger partial charge in [0, 0.05) is 17.7 Å². The number of hydrogen-bond donors (Lipinski definition) is 2. The van der Waals surface area contributed by atoms with Crippen LogP contribution < -0.4 is 10.5 Å². The van der Waals surface area contributed by atoms with Crippen molar-refractivity contribution in [2.45, 2.75) is 11.3 Å². The number of benzene rings is 1. The highest BCUT2D eigenvalue weighted by atomic mass is 32.2. The Bertz CT molecular complexity index is 647. The highest BCUT2D eigenvalue weighted by Crippen LogP contribution is 2.20. The fourth-order valence-corrected chi connectivity index (χ4v) is 1.83. The molecule has 0 radical (unpaired) electrons. The maximum absolute atomic E-state index is 11.9. The van der Waals surface area contributed by atoms with Gasteiger partial charge in [0.05, 0.1) is 16.4 Å². The molecule has 0 atom stereocenters. The van der Waals surface area contributed by atoms with Crippen LogP contribution in [0.5, 0.6) is 0 Å². The minimum atomic E-state index is -4.28. The Labute approximate surface area is 111 Å². The molecule has 3 N–H and O–H groups in total. The van der Waals surface area contributed by atoms with Crippen molar-refractivity contribution in [2.24, 2.45) is 5.14 Å². The zero-order valence-electron chi connectivity index (χ0n) is 9.75. The summed E-state index contributed by atoms with van der Waals surface area (Å²) >= 11 is 0. The Morgan fingerprint density at radius 1 is 1.40 bits per heavy atom. The predicted octanol–water partition coefficient (Wildman–Crippen LogP) is 0.237. The molecule has 11 heteroatoms. The van der Waals surface area contributed by atoms with Crippen LogP contribution in [0.2, 0.25) is 0 Å². The average molecular weight is 309 g/mol. The van der Waals surface area contributed by atoms with E-state index >= 15 is 0 Å². The van der Waals surface area contributed by atoms with Crippen molar-refractivity contribution < 1.29 is 26.9 Å². The molecule has 110 valence electrons. The first-order valence-corrected chi connectivity index (χ1v) is 6.54. The number of non-ortho nitro benzene ring substituents is 1. The fourth-order valence-electron chi connectivity index (χ4n) is 1.26. The Kier molecular flexibility index (Phi) is 4.68. The summed E-state index contributed by atoms with van der Waals surface area (Å²) in [5, 5.41) is 17.3. The minimum Gasteiger partial charge on any atom is -0.346 e. The second-order valence-corrected chi connectivity index (χ2v) is 5.18.